The Morgan fingerprint density at radius 1 is 1.15 bits per heavy atom. The van der Waals surface area contributed by atoms with E-state index in [9.17, 15) is 4.79 Å². The van der Waals surface area contributed by atoms with Crippen molar-refractivity contribution >= 4 is 17.5 Å². The molecule has 4 rings (SSSR count). The number of morpholine rings is 1. The van der Waals surface area contributed by atoms with Gasteiger partial charge in [-0.05, 0) is 49.9 Å². The second-order valence-electron chi connectivity index (χ2n) is 9.11. The van der Waals surface area contributed by atoms with E-state index in [-0.39, 0.29) is 5.91 Å². The summed E-state index contributed by atoms with van der Waals surface area (Å²) in [6, 6.07) is 11.3. The van der Waals surface area contributed by atoms with Crippen LogP contribution in [0, 0.1) is 6.92 Å². The van der Waals surface area contributed by atoms with Crippen LogP contribution in [0.2, 0.25) is 5.02 Å². The van der Waals surface area contributed by atoms with Gasteiger partial charge in [0.15, 0.2) is 0 Å². The Morgan fingerprint density at radius 3 is 2.64 bits per heavy atom. The summed E-state index contributed by atoms with van der Waals surface area (Å²) in [4.78, 5) is 24.4. The van der Waals surface area contributed by atoms with Crippen LogP contribution in [0.5, 0.6) is 5.75 Å². The van der Waals surface area contributed by atoms with E-state index < -0.39 is 5.60 Å². The molecule has 0 radical (unpaired) electrons. The third kappa shape index (κ3) is 6.44. The molecule has 1 amide bonds. The molecule has 2 aromatic rings. The first-order chi connectivity index (χ1) is 15.9. The topological polar surface area (TPSA) is 58.1 Å². The number of carbonyl (C=O) groups excluding carboxylic acids is 1. The number of rotatable bonds is 7. The zero-order valence-corrected chi connectivity index (χ0v) is 20.3. The van der Waals surface area contributed by atoms with E-state index in [1.165, 1.54) is 5.56 Å². The van der Waals surface area contributed by atoms with Gasteiger partial charge in [-0.3, -0.25) is 14.7 Å². The zero-order valence-electron chi connectivity index (χ0n) is 19.5. The summed E-state index contributed by atoms with van der Waals surface area (Å²) in [5.74, 6) is 0.839. The van der Waals surface area contributed by atoms with Gasteiger partial charge in [0.2, 0.25) is 5.91 Å². The van der Waals surface area contributed by atoms with Crippen LogP contribution in [0.4, 0.5) is 0 Å². The fourth-order valence-corrected chi connectivity index (χ4v) is 4.51. The van der Waals surface area contributed by atoms with Crippen molar-refractivity contribution in [3.05, 3.63) is 58.9 Å². The van der Waals surface area contributed by atoms with Crippen LogP contribution in [-0.2, 0) is 16.1 Å². The lowest BCUT2D eigenvalue weighted by molar-refractivity contribution is -0.158. The third-order valence-electron chi connectivity index (χ3n) is 6.46. The molecule has 2 saturated heterocycles. The number of aromatic nitrogens is 1. The van der Waals surface area contributed by atoms with Crippen molar-refractivity contribution in [2.24, 2.45) is 0 Å². The molecule has 0 spiro atoms. The van der Waals surface area contributed by atoms with Gasteiger partial charge < -0.3 is 19.3 Å². The number of likely N-dealkylation sites (N-methyl/N-ethyl adjacent to an activating group) is 1. The Bertz CT molecular complexity index is 934. The molecule has 2 fully saturated rings. The lowest BCUT2D eigenvalue weighted by Gasteiger charge is -2.43. The maximum Gasteiger partial charge on any atom is 0.225 e. The summed E-state index contributed by atoms with van der Waals surface area (Å²) in [7, 11) is 2.09. The van der Waals surface area contributed by atoms with Crippen LogP contribution in [0.25, 0.3) is 0 Å². The molecule has 178 valence electrons. The van der Waals surface area contributed by atoms with E-state index in [0.29, 0.717) is 37.0 Å². The molecule has 33 heavy (non-hydrogen) atoms. The van der Waals surface area contributed by atoms with E-state index in [1.54, 1.807) is 12.1 Å². The molecular weight excluding hydrogens is 440 g/mol. The summed E-state index contributed by atoms with van der Waals surface area (Å²) < 4.78 is 12.4. The van der Waals surface area contributed by atoms with Gasteiger partial charge in [0.1, 0.15) is 18.0 Å². The van der Waals surface area contributed by atoms with Crippen molar-refractivity contribution in [3.8, 4) is 5.75 Å². The van der Waals surface area contributed by atoms with Crippen molar-refractivity contribution in [2.45, 2.75) is 25.5 Å². The number of amides is 1. The van der Waals surface area contributed by atoms with E-state index in [2.05, 4.69) is 34.8 Å². The Kier molecular flexibility index (Phi) is 7.86. The molecule has 2 aliphatic rings. The predicted molar refractivity (Wildman–Crippen MR) is 129 cm³/mol. The Morgan fingerprint density at radius 2 is 1.91 bits per heavy atom. The van der Waals surface area contributed by atoms with E-state index in [1.807, 2.05) is 29.3 Å². The van der Waals surface area contributed by atoms with Gasteiger partial charge in [-0.2, -0.15) is 0 Å². The molecule has 3 heterocycles. The molecule has 1 aromatic carbocycles. The number of hydrogen-bond acceptors (Lipinski definition) is 6. The Labute approximate surface area is 201 Å². The Balaban J connectivity index is 1.48. The molecule has 0 bridgehead atoms. The molecule has 0 saturated carbocycles. The molecule has 2 aliphatic heterocycles. The molecule has 0 aliphatic carbocycles. The van der Waals surface area contributed by atoms with Gasteiger partial charge in [0.05, 0.1) is 18.7 Å². The molecule has 0 N–H and O–H groups in total. The molecule has 1 atom stereocenters. The van der Waals surface area contributed by atoms with Gasteiger partial charge in [0.25, 0.3) is 0 Å². The monoisotopic (exact) mass is 472 g/mol. The fraction of sp³-hybridized carbons (Fsp3) is 0.520. The second-order valence-corrected chi connectivity index (χ2v) is 9.55. The zero-order chi connectivity index (χ0) is 23.3. The standard InChI is InChI=1S/C25H33ClN4O3/c1-20-4-3-9-27-23(20)17-29-14-15-33-25(18-29,19-32-22-7-5-21(26)6-8-22)16-24(31)30-12-10-28(2)11-13-30/h3-9H,10-19H2,1-2H3/t25-/m0/s1. The Hall–Kier alpha value is -2.19. The van der Waals surface area contributed by atoms with Crippen LogP contribution in [0.1, 0.15) is 17.7 Å². The second kappa shape index (κ2) is 10.8. The van der Waals surface area contributed by atoms with Crippen molar-refractivity contribution in [1.29, 1.82) is 0 Å². The van der Waals surface area contributed by atoms with E-state index >= 15 is 0 Å². The van der Waals surface area contributed by atoms with Crippen molar-refractivity contribution in [1.82, 2.24) is 19.7 Å². The lowest BCUT2D eigenvalue weighted by Crippen LogP contribution is -2.58. The van der Waals surface area contributed by atoms with Gasteiger partial charge in [-0.15, -0.1) is 0 Å². The highest BCUT2D eigenvalue weighted by molar-refractivity contribution is 6.30. The number of aryl methyl sites for hydroxylation is 1. The van der Waals surface area contributed by atoms with Crippen molar-refractivity contribution < 1.29 is 14.3 Å². The maximum absolute atomic E-state index is 13.3. The number of benzene rings is 1. The summed E-state index contributed by atoms with van der Waals surface area (Å²) in [5, 5.41) is 0.660. The highest BCUT2D eigenvalue weighted by atomic mass is 35.5. The van der Waals surface area contributed by atoms with Crippen molar-refractivity contribution in [3.63, 3.8) is 0 Å². The van der Waals surface area contributed by atoms with Gasteiger partial charge in [-0.1, -0.05) is 17.7 Å². The quantitative estimate of drug-likeness (QED) is 0.617. The first-order valence-electron chi connectivity index (χ1n) is 11.5. The first-order valence-corrected chi connectivity index (χ1v) is 11.9. The van der Waals surface area contributed by atoms with Crippen LogP contribution >= 0.6 is 11.6 Å². The number of ether oxygens (including phenoxy) is 2. The van der Waals surface area contributed by atoms with Crippen LogP contribution < -0.4 is 4.74 Å². The first kappa shape index (κ1) is 24.0. The lowest BCUT2D eigenvalue weighted by atomic mass is 9.96. The largest absolute Gasteiger partial charge is 0.491 e. The number of piperazine rings is 1. The number of hydrogen-bond donors (Lipinski definition) is 0. The molecule has 7 nitrogen and oxygen atoms in total. The number of halogens is 1. The van der Waals surface area contributed by atoms with Crippen LogP contribution in [0.3, 0.4) is 0 Å². The summed E-state index contributed by atoms with van der Waals surface area (Å²) in [6.45, 7) is 8.34. The molecule has 8 heteroatoms. The average Bonchev–Trinajstić information content (AvgIpc) is 2.81. The highest BCUT2D eigenvalue weighted by Crippen LogP contribution is 2.27. The SMILES string of the molecule is Cc1cccnc1CN1CCO[C@@](COc2ccc(Cl)cc2)(CC(=O)N2CCN(C)CC2)C1. The van der Waals surface area contributed by atoms with Crippen molar-refractivity contribution in [2.75, 3.05) is 59.5 Å². The summed E-state index contributed by atoms with van der Waals surface area (Å²) in [5.41, 5.74) is 1.50. The maximum atomic E-state index is 13.3. The summed E-state index contributed by atoms with van der Waals surface area (Å²) >= 11 is 6.02. The third-order valence-corrected chi connectivity index (χ3v) is 6.72. The van der Waals surface area contributed by atoms with E-state index in [4.69, 9.17) is 21.1 Å². The van der Waals surface area contributed by atoms with Gasteiger partial charge in [-0.25, -0.2) is 0 Å². The minimum Gasteiger partial charge on any atom is -0.491 e. The molecular formula is C25H33ClN4O3. The molecule has 0 unspecified atom stereocenters. The van der Waals surface area contributed by atoms with Crippen LogP contribution in [-0.4, -0.2) is 90.7 Å². The molecule has 1 aromatic heterocycles. The smallest absolute Gasteiger partial charge is 0.225 e. The summed E-state index contributed by atoms with van der Waals surface area (Å²) in [6.07, 6.45) is 2.12. The predicted octanol–water partition coefficient (Wildman–Crippen LogP) is 2.86. The number of pyridine rings is 1. The minimum absolute atomic E-state index is 0.124. The normalized spacial score (nSPS) is 22.3. The van der Waals surface area contributed by atoms with Crippen LogP contribution in [0.15, 0.2) is 42.6 Å². The van der Waals surface area contributed by atoms with Gasteiger partial charge >= 0.3 is 0 Å². The fourth-order valence-electron chi connectivity index (χ4n) is 4.39. The number of carbonyl (C=O) groups is 1. The minimum atomic E-state index is -0.721. The average molecular weight is 473 g/mol. The highest BCUT2D eigenvalue weighted by Gasteiger charge is 2.41. The van der Waals surface area contributed by atoms with Gasteiger partial charge in [0, 0.05) is 57.0 Å². The van der Waals surface area contributed by atoms with E-state index in [0.717, 1.165) is 45.0 Å². The number of nitrogens with zero attached hydrogens (tertiary/aromatic N) is 4.